The second kappa shape index (κ2) is 10.6. The third-order valence-electron chi connectivity index (χ3n) is 7.35. The summed E-state index contributed by atoms with van der Waals surface area (Å²) < 4.78 is 29.8. The van der Waals surface area contributed by atoms with Gasteiger partial charge in [-0.05, 0) is 78.4 Å². The molecule has 0 bridgehead atoms. The number of ketones is 1. The minimum atomic E-state index is -3.42. The van der Waals surface area contributed by atoms with Crippen molar-refractivity contribution in [1.82, 2.24) is 9.88 Å². The largest absolute Gasteiger partial charge is 0.448 e. The third-order valence-corrected chi connectivity index (χ3v) is 8.78. The first-order chi connectivity index (χ1) is 19.0. The summed E-state index contributed by atoms with van der Waals surface area (Å²) in [6, 6.07) is 13.3. The monoisotopic (exact) mass is 578 g/mol. The maximum atomic E-state index is 13.8. The average Bonchev–Trinajstić information content (AvgIpc) is 3.16. The number of carbonyl (C=O) groups is 3. The second-order valence-electron chi connectivity index (χ2n) is 10.2. The van der Waals surface area contributed by atoms with Gasteiger partial charge in [-0.3, -0.25) is 19.4 Å². The molecule has 2 fully saturated rings. The summed E-state index contributed by atoms with van der Waals surface area (Å²) in [5.74, 6) is -2.52. The highest BCUT2D eigenvalue weighted by Crippen LogP contribution is 2.43. The number of pyridine rings is 1. The molecule has 1 amide bonds. The molecule has 8 nitrogen and oxygen atoms in total. The number of piperidine rings is 1. The molecule has 1 spiro atoms. The molecule has 2 aliphatic heterocycles. The van der Waals surface area contributed by atoms with Gasteiger partial charge in [0.05, 0.1) is 11.4 Å². The van der Waals surface area contributed by atoms with E-state index in [9.17, 15) is 22.8 Å². The van der Waals surface area contributed by atoms with Gasteiger partial charge in [-0.2, -0.15) is 0 Å². The minimum absolute atomic E-state index is 0.0204. The number of rotatable bonds is 5. The second-order valence-corrected chi connectivity index (χ2v) is 12.6. The summed E-state index contributed by atoms with van der Waals surface area (Å²) >= 11 is 6.63. The van der Waals surface area contributed by atoms with Crippen LogP contribution in [0.5, 0.6) is 0 Å². The highest BCUT2D eigenvalue weighted by Gasteiger charge is 2.57. The molecule has 3 aromatic rings. The first-order valence-corrected chi connectivity index (χ1v) is 15.0. The van der Waals surface area contributed by atoms with Crippen LogP contribution < -0.4 is 0 Å². The van der Waals surface area contributed by atoms with Crippen molar-refractivity contribution >= 4 is 45.2 Å². The van der Waals surface area contributed by atoms with Gasteiger partial charge in [0.2, 0.25) is 5.91 Å². The first-order valence-electron chi connectivity index (χ1n) is 12.7. The number of ether oxygens (including phenoxy) is 1. The van der Waals surface area contributed by atoms with Crippen molar-refractivity contribution in [2.75, 3.05) is 19.3 Å². The van der Waals surface area contributed by atoms with E-state index in [1.807, 2.05) is 6.07 Å². The Morgan fingerprint density at radius 3 is 2.70 bits per heavy atom. The van der Waals surface area contributed by atoms with Crippen molar-refractivity contribution < 1.29 is 27.5 Å². The van der Waals surface area contributed by atoms with Crippen LogP contribution in [0.15, 0.2) is 71.9 Å². The fourth-order valence-corrected chi connectivity index (χ4v) is 6.25. The summed E-state index contributed by atoms with van der Waals surface area (Å²) in [4.78, 5) is 45.6. The first kappa shape index (κ1) is 27.7. The van der Waals surface area contributed by atoms with Gasteiger partial charge in [-0.1, -0.05) is 29.8 Å². The van der Waals surface area contributed by atoms with Crippen LogP contribution in [0.4, 0.5) is 0 Å². The highest BCUT2D eigenvalue weighted by molar-refractivity contribution is 7.90. The van der Waals surface area contributed by atoms with Crippen molar-refractivity contribution in [2.45, 2.75) is 36.2 Å². The van der Waals surface area contributed by atoms with Crippen LogP contribution in [0.1, 0.15) is 35.4 Å². The van der Waals surface area contributed by atoms with E-state index in [1.54, 1.807) is 55.7 Å². The Hall–Kier alpha value is -3.82. The number of sulfone groups is 1. The predicted molar refractivity (Wildman–Crippen MR) is 150 cm³/mol. The maximum absolute atomic E-state index is 13.8. The number of hydrogen-bond donors (Lipinski definition) is 0. The molecule has 3 heterocycles. The number of likely N-dealkylation sites (tertiary alicyclic amines) is 1. The van der Waals surface area contributed by atoms with Gasteiger partial charge in [0.15, 0.2) is 21.2 Å². The summed E-state index contributed by atoms with van der Waals surface area (Å²) in [7, 11) is -3.42. The van der Waals surface area contributed by atoms with Crippen molar-refractivity contribution in [3.05, 3.63) is 88.7 Å². The number of benzene rings is 2. The minimum Gasteiger partial charge on any atom is -0.448 e. The van der Waals surface area contributed by atoms with Crippen LogP contribution >= 0.6 is 11.6 Å². The van der Waals surface area contributed by atoms with Gasteiger partial charge < -0.3 is 9.64 Å². The molecule has 2 saturated heterocycles. The number of aromatic nitrogens is 1. The van der Waals surface area contributed by atoms with E-state index in [-0.39, 0.29) is 22.4 Å². The molecular formula is C30H27ClN2O6S. The summed E-state index contributed by atoms with van der Waals surface area (Å²) in [5.41, 5.74) is 1.60. The fraction of sp³-hybridized carbons (Fsp3) is 0.267. The van der Waals surface area contributed by atoms with Crippen LogP contribution in [0.3, 0.4) is 0 Å². The van der Waals surface area contributed by atoms with E-state index in [2.05, 4.69) is 4.98 Å². The fourth-order valence-electron chi connectivity index (χ4n) is 5.31. The molecule has 0 aliphatic carbocycles. The standard InChI is InChI=1S/C30H27ClN2O6S/c1-19-14-24(21-7-3-8-22(15-21)40(2,37)38)25(31)16-23(19)27-28(35)30(39-29(27)36)11-5-13-33(18-30)26(34)10-9-20-6-4-12-32-17-20/h3-4,6-10,12,14-17,27H,5,11,13,18H2,1-2H3. The topological polar surface area (TPSA) is 111 Å². The Balaban J connectivity index is 1.40. The van der Waals surface area contributed by atoms with Crippen LogP contribution in [-0.4, -0.2) is 60.9 Å². The van der Waals surface area contributed by atoms with Crippen LogP contribution in [-0.2, 0) is 29.0 Å². The lowest BCUT2D eigenvalue weighted by molar-refractivity contribution is -0.159. The quantitative estimate of drug-likeness (QED) is 0.251. The van der Waals surface area contributed by atoms with E-state index in [0.29, 0.717) is 41.6 Å². The van der Waals surface area contributed by atoms with Crippen LogP contribution in [0, 0.1) is 6.92 Å². The molecule has 2 aromatic carbocycles. The number of nitrogens with zero attached hydrogens (tertiary/aromatic N) is 2. The number of amides is 1. The van der Waals surface area contributed by atoms with Gasteiger partial charge in [0, 0.05) is 41.9 Å². The van der Waals surface area contributed by atoms with Gasteiger partial charge >= 0.3 is 5.97 Å². The molecule has 5 rings (SSSR count). The van der Waals surface area contributed by atoms with E-state index in [1.165, 1.54) is 23.1 Å². The Morgan fingerprint density at radius 1 is 1.18 bits per heavy atom. The van der Waals surface area contributed by atoms with Gasteiger partial charge in [0.25, 0.3) is 0 Å². The van der Waals surface area contributed by atoms with Crippen LogP contribution in [0.25, 0.3) is 17.2 Å². The molecule has 0 N–H and O–H groups in total. The predicted octanol–water partition coefficient (Wildman–Crippen LogP) is 4.40. The number of carbonyl (C=O) groups excluding carboxylic acids is 3. The molecule has 2 unspecified atom stereocenters. The summed E-state index contributed by atoms with van der Waals surface area (Å²) in [5, 5.41) is 0.272. The van der Waals surface area contributed by atoms with Crippen molar-refractivity contribution in [3.63, 3.8) is 0 Å². The molecule has 2 atom stereocenters. The third kappa shape index (κ3) is 5.31. The Bertz CT molecular complexity index is 1650. The molecule has 1 aromatic heterocycles. The Labute approximate surface area is 237 Å². The average molecular weight is 579 g/mol. The Kier molecular flexibility index (Phi) is 7.37. The zero-order chi connectivity index (χ0) is 28.7. The number of Topliss-reactive ketones (excluding diaryl/α,β-unsaturated/α-hetero) is 1. The van der Waals surface area contributed by atoms with E-state index in [0.717, 1.165) is 11.8 Å². The van der Waals surface area contributed by atoms with Gasteiger partial charge in [0.1, 0.15) is 5.92 Å². The molecule has 206 valence electrons. The number of aryl methyl sites for hydroxylation is 1. The number of halogens is 1. The zero-order valence-corrected chi connectivity index (χ0v) is 23.5. The molecule has 0 saturated carbocycles. The number of hydrogen-bond acceptors (Lipinski definition) is 7. The van der Waals surface area contributed by atoms with E-state index < -0.39 is 33.1 Å². The molecule has 0 radical (unpaired) electrons. The smallest absolute Gasteiger partial charge is 0.322 e. The lowest BCUT2D eigenvalue weighted by Gasteiger charge is -2.37. The lowest BCUT2D eigenvalue weighted by Crippen LogP contribution is -2.53. The Morgan fingerprint density at radius 2 is 1.98 bits per heavy atom. The molecule has 40 heavy (non-hydrogen) atoms. The SMILES string of the molecule is Cc1cc(-c2cccc(S(C)(=O)=O)c2)c(Cl)cc1C1C(=O)OC2(CCCN(C(=O)C=Cc3cccnc3)C2)C1=O. The summed E-state index contributed by atoms with van der Waals surface area (Å²) in [6.45, 7) is 2.19. The van der Waals surface area contributed by atoms with Gasteiger partial charge in [-0.15, -0.1) is 0 Å². The normalized spacial score (nSPS) is 21.3. The zero-order valence-electron chi connectivity index (χ0n) is 22.0. The summed E-state index contributed by atoms with van der Waals surface area (Å²) in [6.07, 6.45) is 8.32. The number of esters is 1. The van der Waals surface area contributed by atoms with E-state index in [4.69, 9.17) is 16.3 Å². The van der Waals surface area contributed by atoms with Gasteiger partial charge in [-0.25, -0.2) is 8.42 Å². The van der Waals surface area contributed by atoms with Crippen molar-refractivity contribution in [1.29, 1.82) is 0 Å². The molecular weight excluding hydrogens is 552 g/mol. The van der Waals surface area contributed by atoms with Crippen LogP contribution in [0.2, 0.25) is 5.02 Å². The maximum Gasteiger partial charge on any atom is 0.322 e. The van der Waals surface area contributed by atoms with E-state index >= 15 is 0 Å². The molecule has 10 heteroatoms. The highest BCUT2D eigenvalue weighted by atomic mass is 35.5. The lowest BCUT2D eigenvalue weighted by atomic mass is 9.81. The van der Waals surface area contributed by atoms with Crippen molar-refractivity contribution in [2.24, 2.45) is 0 Å². The van der Waals surface area contributed by atoms with Crippen molar-refractivity contribution in [3.8, 4) is 11.1 Å². The molecule has 2 aliphatic rings.